The first-order valence-electron chi connectivity index (χ1n) is 5.26. The van der Waals surface area contributed by atoms with E-state index in [0.717, 1.165) is 10.2 Å². The molecule has 1 aliphatic carbocycles. The van der Waals surface area contributed by atoms with E-state index in [2.05, 4.69) is 41.7 Å². The zero-order valence-electron chi connectivity index (χ0n) is 9.27. The van der Waals surface area contributed by atoms with Crippen LogP contribution in [0.5, 0.6) is 0 Å². The standard InChI is InChI=1S/C12H15BrFN/c1-12(2,3)11-10(7-4-5-7)8(13)6-9(14)15-11/h6-7H,4-5H2,1-3H3. The molecular weight excluding hydrogens is 257 g/mol. The molecule has 0 spiro atoms. The lowest BCUT2D eigenvalue weighted by atomic mass is 9.87. The van der Waals surface area contributed by atoms with Gasteiger partial charge in [-0.15, -0.1) is 0 Å². The molecule has 82 valence electrons. The maximum absolute atomic E-state index is 13.3. The highest BCUT2D eigenvalue weighted by molar-refractivity contribution is 9.10. The molecule has 0 aromatic carbocycles. The van der Waals surface area contributed by atoms with Gasteiger partial charge in [-0.1, -0.05) is 36.7 Å². The average molecular weight is 272 g/mol. The van der Waals surface area contributed by atoms with Gasteiger partial charge in [0.05, 0.1) is 5.69 Å². The zero-order valence-corrected chi connectivity index (χ0v) is 10.9. The molecule has 1 nitrogen and oxygen atoms in total. The molecule has 0 radical (unpaired) electrons. The van der Waals surface area contributed by atoms with Crippen molar-refractivity contribution < 1.29 is 4.39 Å². The Labute approximate surface area is 98.2 Å². The highest BCUT2D eigenvalue weighted by atomic mass is 79.9. The molecule has 0 atom stereocenters. The predicted molar refractivity (Wildman–Crippen MR) is 62.6 cm³/mol. The first-order chi connectivity index (χ1) is 6.89. The molecule has 1 aromatic rings. The van der Waals surface area contributed by atoms with Crippen molar-refractivity contribution in [2.24, 2.45) is 0 Å². The van der Waals surface area contributed by atoms with Crippen LogP contribution in [0.4, 0.5) is 4.39 Å². The van der Waals surface area contributed by atoms with Crippen LogP contribution in [0, 0.1) is 5.95 Å². The molecule has 2 rings (SSSR count). The first-order valence-corrected chi connectivity index (χ1v) is 6.05. The van der Waals surface area contributed by atoms with Crippen molar-refractivity contribution >= 4 is 15.9 Å². The molecular formula is C12H15BrFN. The Morgan fingerprint density at radius 3 is 2.47 bits per heavy atom. The van der Waals surface area contributed by atoms with Crippen molar-refractivity contribution in [1.82, 2.24) is 4.98 Å². The van der Waals surface area contributed by atoms with E-state index in [1.54, 1.807) is 0 Å². The third-order valence-corrected chi connectivity index (χ3v) is 3.33. The van der Waals surface area contributed by atoms with Crippen molar-refractivity contribution in [3.63, 3.8) is 0 Å². The number of rotatable bonds is 1. The number of nitrogens with zero attached hydrogens (tertiary/aromatic N) is 1. The van der Waals surface area contributed by atoms with E-state index in [1.807, 2.05) is 0 Å². The van der Waals surface area contributed by atoms with Gasteiger partial charge in [-0.05, 0) is 24.3 Å². The SMILES string of the molecule is CC(C)(C)c1nc(F)cc(Br)c1C1CC1. The van der Waals surface area contributed by atoms with E-state index >= 15 is 0 Å². The van der Waals surface area contributed by atoms with Crippen molar-refractivity contribution in [3.8, 4) is 0 Å². The summed E-state index contributed by atoms with van der Waals surface area (Å²) >= 11 is 3.45. The monoisotopic (exact) mass is 271 g/mol. The Hall–Kier alpha value is -0.440. The van der Waals surface area contributed by atoms with E-state index in [9.17, 15) is 4.39 Å². The number of hydrogen-bond donors (Lipinski definition) is 0. The largest absolute Gasteiger partial charge is 0.224 e. The van der Waals surface area contributed by atoms with Gasteiger partial charge in [-0.2, -0.15) is 4.39 Å². The summed E-state index contributed by atoms with van der Waals surface area (Å²) < 4.78 is 14.2. The highest BCUT2D eigenvalue weighted by Crippen LogP contribution is 2.46. The molecule has 0 unspecified atom stereocenters. The number of halogens is 2. The maximum Gasteiger partial charge on any atom is 0.214 e. The summed E-state index contributed by atoms with van der Waals surface area (Å²) in [5, 5.41) is 0. The molecule has 1 heterocycles. The lowest BCUT2D eigenvalue weighted by Gasteiger charge is -2.22. The smallest absolute Gasteiger partial charge is 0.214 e. The van der Waals surface area contributed by atoms with Crippen LogP contribution >= 0.6 is 15.9 Å². The van der Waals surface area contributed by atoms with Crippen LogP contribution in [0.1, 0.15) is 50.8 Å². The Morgan fingerprint density at radius 2 is 2.00 bits per heavy atom. The molecule has 0 N–H and O–H groups in total. The minimum absolute atomic E-state index is 0.0947. The fraction of sp³-hybridized carbons (Fsp3) is 0.583. The summed E-state index contributed by atoms with van der Waals surface area (Å²) in [6, 6.07) is 1.48. The van der Waals surface area contributed by atoms with Gasteiger partial charge in [0.2, 0.25) is 5.95 Å². The maximum atomic E-state index is 13.3. The van der Waals surface area contributed by atoms with E-state index in [-0.39, 0.29) is 5.41 Å². The lowest BCUT2D eigenvalue weighted by molar-refractivity contribution is 0.515. The third-order valence-electron chi connectivity index (χ3n) is 2.67. The van der Waals surface area contributed by atoms with Crippen LogP contribution < -0.4 is 0 Å². The number of pyridine rings is 1. The van der Waals surface area contributed by atoms with Gasteiger partial charge in [0.1, 0.15) is 0 Å². The van der Waals surface area contributed by atoms with Gasteiger partial charge in [0.15, 0.2) is 0 Å². The first kappa shape index (κ1) is 11.1. The fourth-order valence-corrected chi connectivity index (χ4v) is 2.53. The molecule has 0 bridgehead atoms. The molecule has 0 aliphatic heterocycles. The molecule has 15 heavy (non-hydrogen) atoms. The fourth-order valence-electron chi connectivity index (χ4n) is 1.83. The Balaban J connectivity index is 2.59. The van der Waals surface area contributed by atoms with Crippen LogP contribution in [0.2, 0.25) is 0 Å². The summed E-state index contributed by atoms with van der Waals surface area (Å²) in [5.41, 5.74) is 2.02. The minimum Gasteiger partial charge on any atom is -0.224 e. The second-order valence-corrected chi connectivity index (χ2v) is 6.07. The number of aromatic nitrogens is 1. The Kier molecular flexibility index (Phi) is 2.61. The predicted octanol–water partition coefficient (Wildman–Crippen LogP) is 4.16. The van der Waals surface area contributed by atoms with E-state index in [0.29, 0.717) is 5.92 Å². The summed E-state index contributed by atoms with van der Waals surface area (Å²) in [6.45, 7) is 6.23. The summed E-state index contributed by atoms with van der Waals surface area (Å²) in [4.78, 5) is 4.07. The van der Waals surface area contributed by atoms with E-state index < -0.39 is 5.95 Å². The van der Waals surface area contributed by atoms with Crippen LogP contribution in [0.15, 0.2) is 10.5 Å². The van der Waals surface area contributed by atoms with Gasteiger partial charge in [-0.25, -0.2) is 4.98 Å². The molecule has 3 heteroatoms. The summed E-state index contributed by atoms with van der Waals surface area (Å²) in [6.07, 6.45) is 2.41. The van der Waals surface area contributed by atoms with Gasteiger partial charge in [0.25, 0.3) is 0 Å². The van der Waals surface area contributed by atoms with Gasteiger partial charge < -0.3 is 0 Å². The van der Waals surface area contributed by atoms with Gasteiger partial charge in [0, 0.05) is 16.0 Å². The Morgan fingerprint density at radius 1 is 1.40 bits per heavy atom. The Bertz CT molecular complexity index is 391. The van der Waals surface area contributed by atoms with Gasteiger partial charge >= 0.3 is 0 Å². The van der Waals surface area contributed by atoms with Crippen LogP contribution in [0.3, 0.4) is 0 Å². The second kappa shape index (κ2) is 3.55. The van der Waals surface area contributed by atoms with Crippen LogP contribution in [-0.4, -0.2) is 4.98 Å². The van der Waals surface area contributed by atoms with Crippen molar-refractivity contribution in [1.29, 1.82) is 0 Å². The minimum atomic E-state index is -0.392. The van der Waals surface area contributed by atoms with Crippen LogP contribution in [0.25, 0.3) is 0 Å². The molecule has 0 saturated heterocycles. The van der Waals surface area contributed by atoms with E-state index in [1.165, 1.54) is 24.5 Å². The van der Waals surface area contributed by atoms with Crippen molar-refractivity contribution in [2.75, 3.05) is 0 Å². The topological polar surface area (TPSA) is 12.9 Å². The molecule has 1 fully saturated rings. The van der Waals surface area contributed by atoms with Crippen LogP contribution in [-0.2, 0) is 5.41 Å². The summed E-state index contributed by atoms with van der Waals surface area (Å²) in [7, 11) is 0. The lowest BCUT2D eigenvalue weighted by Crippen LogP contribution is -2.17. The molecule has 1 aromatic heterocycles. The van der Waals surface area contributed by atoms with Crippen molar-refractivity contribution in [2.45, 2.75) is 44.9 Å². The second-order valence-electron chi connectivity index (χ2n) is 5.21. The normalized spacial score (nSPS) is 16.9. The zero-order chi connectivity index (χ0) is 11.2. The number of hydrogen-bond acceptors (Lipinski definition) is 1. The molecule has 1 aliphatic rings. The van der Waals surface area contributed by atoms with Gasteiger partial charge in [-0.3, -0.25) is 0 Å². The quantitative estimate of drug-likeness (QED) is 0.699. The highest BCUT2D eigenvalue weighted by Gasteiger charge is 2.33. The average Bonchev–Trinajstić information content (AvgIpc) is 2.84. The summed E-state index contributed by atoms with van der Waals surface area (Å²) in [5.74, 6) is 0.193. The van der Waals surface area contributed by atoms with Crippen molar-refractivity contribution in [3.05, 3.63) is 27.7 Å². The van der Waals surface area contributed by atoms with E-state index in [4.69, 9.17) is 0 Å². The molecule has 1 saturated carbocycles. The molecule has 0 amide bonds. The third kappa shape index (κ3) is 2.22.